The van der Waals surface area contributed by atoms with Gasteiger partial charge in [0, 0.05) is 15.8 Å². The highest BCUT2D eigenvalue weighted by Crippen LogP contribution is 2.30. The van der Waals surface area contributed by atoms with E-state index in [0.717, 1.165) is 11.3 Å². The number of para-hydroxylation sites is 1. The molecule has 0 bridgehead atoms. The molecule has 2 aromatic rings. The Hall–Kier alpha value is -1.79. The van der Waals surface area contributed by atoms with Gasteiger partial charge in [0.1, 0.15) is 6.07 Å². The summed E-state index contributed by atoms with van der Waals surface area (Å²) in [5.74, 6) is 0. The van der Waals surface area contributed by atoms with Crippen molar-refractivity contribution >= 4 is 17.0 Å². The van der Waals surface area contributed by atoms with Crippen molar-refractivity contribution in [2.45, 2.75) is 33.7 Å². The number of aryl methyl sites for hydroxylation is 3. The third-order valence-electron chi connectivity index (χ3n) is 3.30. The number of hydrogen-bond acceptors (Lipinski definition) is 3. The van der Waals surface area contributed by atoms with Crippen molar-refractivity contribution in [3.8, 4) is 6.07 Å². The predicted molar refractivity (Wildman–Crippen MR) is 81.7 cm³/mol. The van der Waals surface area contributed by atoms with Gasteiger partial charge in [0.25, 0.3) is 0 Å². The van der Waals surface area contributed by atoms with Crippen LogP contribution >= 0.6 is 11.3 Å². The zero-order valence-electron chi connectivity index (χ0n) is 11.7. The fourth-order valence-corrected chi connectivity index (χ4v) is 3.35. The summed E-state index contributed by atoms with van der Waals surface area (Å²) in [6.45, 7) is 8.44. The summed E-state index contributed by atoms with van der Waals surface area (Å²) in [6.07, 6.45) is 0. The van der Waals surface area contributed by atoms with Crippen LogP contribution in [0.5, 0.6) is 0 Å². The zero-order valence-corrected chi connectivity index (χ0v) is 12.6. The van der Waals surface area contributed by atoms with Crippen LogP contribution in [-0.4, -0.2) is 0 Å². The van der Waals surface area contributed by atoms with E-state index in [1.54, 1.807) is 0 Å². The Balaban J connectivity index is 2.32. The number of rotatable bonds is 3. The lowest BCUT2D eigenvalue weighted by atomic mass is 10.1. The lowest BCUT2D eigenvalue weighted by Gasteiger charge is -2.18. The minimum absolute atomic E-state index is 0.207. The fraction of sp³-hybridized carbons (Fsp3) is 0.312. The van der Waals surface area contributed by atoms with Crippen molar-refractivity contribution in [1.29, 1.82) is 5.26 Å². The Labute approximate surface area is 118 Å². The van der Waals surface area contributed by atoms with Gasteiger partial charge in [-0.2, -0.15) is 5.26 Å². The average Bonchev–Trinajstić information content (AvgIpc) is 2.71. The van der Waals surface area contributed by atoms with Crippen molar-refractivity contribution in [1.82, 2.24) is 0 Å². The van der Waals surface area contributed by atoms with Gasteiger partial charge in [-0.05, 0) is 51.0 Å². The van der Waals surface area contributed by atoms with Crippen molar-refractivity contribution in [3.05, 3.63) is 50.7 Å². The first kappa shape index (κ1) is 13.6. The van der Waals surface area contributed by atoms with Gasteiger partial charge < -0.3 is 5.32 Å². The summed E-state index contributed by atoms with van der Waals surface area (Å²) in [7, 11) is 0. The van der Waals surface area contributed by atoms with Gasteiger partial charge in [0.15, 0.2) is 0 Å². The first-order valence-electron chi connectivity index (χ1n) is 6.36. The molecule has 0 aliphatic rings. The minimum atomic E-state index is 0.207. The van der Waals surface area contributed by atoms with Gasteiger partial charge in [0.2, 0.25) is 0 Å². The molecule has 1 atom stereocenters. The Bertz CT molecular complexity index is 635. The quantitative estimate of drug-likeness (QED) is 0.876. The third-order valence-corrected chi connectivity index (χ3v) is 4.28. The van der Waals surface area contributed by atoms with E-state index in [2.05, 4.69) is 38.2 Å². The number of benzene rings is 1. The number of nitrogens with one attached hydrogen (secondary N) is 1. The van der Waals surface area contributed by atoms with Crippen molar-refractivity contribution in [2.24, 2.45) is 0 Å². The summed E-state index contributed by atoms with van der Waals surface area (Å²) < 4.78 is 0. The average molecular weight is 270 g/mol. The molecule has 0 saturated heterocycles. The molecule has 0 radical (unpaired) electrons. The highest BCUT2D eigenvalue weighted by Gasteiger charge is 2.13. The van der Waals surface area contributed by atoms with E-state index in [1.807, 2.05) is 36.5 Å². The summed E-state index contributed by atoms with van der Waals surface area (Å²) >= 11 is 1.82. The molecule has 3 heteroatoms. The maximum Gasteiger partial charge on any atom is 0.101 e. The van der Waals surface area contributed by atoms with E-state index < -0.39 is 0 Å². The number of thiophene rings is 1. The predicted octanol–water partition coefficient (Wildman–Crippen LogP) is 4.72. The molecular weight excluding hydrogens is 252 g/mol. The lowest BCUT2D eigenvalue weighted by Crippen LogP contribution is -2.09. The monoisotopic (exact) mass is 270 g/mol. The summed E-state index contributed by atoms with van der Waals surface area (Å²) in [6, 6.07) is 10.5. The Morgan fingerprint density at radius 2 is 2.00 bits per heavy atom. The molecule has 0 saturated carbocycles. The number of anilines is 1. The molecule has 1 aromatic heterocycles. The Kier molecular flexibility index (Phi) is 3.92. The van der Waals surface area contributed by atoms with E-state index in [9.17, 15) is 5.26 Å². The second-order valence-corrected chi connectivity index (χ2v) is 6.30. The Morgan fingerprint density at radius 1 is 1.26 bits per heavy atom. The lowest BCUT2D eigenvalue weighted by molar-refractivity contribution is 0.878. The van der Waals surface area contributed by atoms with Crippen LogP contribution in [0.3, 0.4) is 0 Å². The van der Waals surface area contributed by atoms with Crippen LogP contribution in [0.15, 0.2) is 24.3 Å². The molecule has 0 aliphatic heterocycles. The molecule has 1 heterocycles. The molecule has 0 aliphatic carbocycles. The van der Waals surface area contributed by atoms with Crippen LogP contribution in [0.4, 0.5) is 5.69 Å². The Morgan fingerprint density at radius 3 is 2.58 bits per heavy atom. The second kappa shape index (κ2) is 5.46. The zero-order chi connectivity index (χ0) is 14.0. The van der Waals surface area contributed by atoms with E-state index in [4.69, 9.17) is 0 Å². The summed E-state index contributed by atoms with van der Waals surface area (Å²) in [5.41, 5.74) is 4.07. The van der Waals surface area contributed by atoms with Crippen LogP contribution < -0.4 is 5.32 Å². The smallest absolute Gasteiger partial charge is 0.101 e. The minimum Gasteiger partial charge on any atom is -0.377 e. The van der Waals surface area contributed by atoms with Gasteiger partial charge in [-0.25, -0.2) is 0 Å². The summed E-state index contributed by atoms with van der Waals surface area (Å²) in [5, 5.41) is 12.7. The molecule has 98 valence electrons. The standard InChI is InChI=1S/C16H18N2S/c1-10-6-5-7-14(9-17)16(10)18-12(3)15-8-11(2)19-13(15)4/h5-8,12,18H,1-4H3. The number of nitrogens with zero attached hydrogens (tertiary/aromatic N) is 1. The molecular formula is C16H18N2S. The molecule has 1 unspecified atom stereocenters. The fourth-order valence-electron chi connectivity index (χ4n) is 2.33. The molecule has 2 rings (SSSR count). The van der Waals surface area contributed by atoms with Gasteiger partial charge in [0.05, 0.1) is 11.3 Å². The van der Waals surface area contributed by atoms with Gasteiger partial charge in [-0.15, -0.1) is 11.3 Å². The first-order valence-corrected chi connectivity index (χ1v) is 7.17. The third kappa shape index (κ3) is 2.80. The number of nitriles is 1. The van der Waals surface area contributed by atoms with E-state index >= 15 is 0 Å². The topological polar surface area (TPSA) is 35.8 Å². The van der Waals surface area contributed by atoms with Gasteiger partial charge in [-0.3, -0.25) is 0 Å². The van der Waals surface area contributed by atoms with E-state index in [0.29, 0.717) is 5.56 Å². The van der Waals surface area contributed by atoms with E-state index in [1.165, 1.54) is 15.3 Å². The normalized spacial score (nSPS) is 11.9. The highest BCUT2D eigenvalue weighted by molar-refractivity contribution is 7.12. The number of hydrogen-bond donors (Lipinski definition) is 1. The van der Waals surface area contributed by atoms with Crippen LogP contribution in [0.1, 0.15) is 39.4 Å². The largest absolute Gasteiger partial charge is 0.377 e. The van der Waals surface area contributed by atoms with E-state index in [-0.39, 0.29) is 6.04 Å². The molecule has 0 amide bonds. The van der Waals surface area contributed by atoms with Crippen LogP contribution in [0.2, 0.25) is 0 Å². The van der Waals surface area contributed by atoms with Gasteiger partial charge in [-0.1, -0.05) is 12.1 Å². The molecule has 0 fully saturated rings. The maximum absolute atomic E-state index is 9.20. The maximum atomic E-state index is 9.20. The molecule has 1 N–H and O–H groups in total. The van der Waals surface area contributed by atoms with Gasteiger partial charge >= 0.3 is 0 Å². The van der Waals surface area contributed by atoms with Crippen molar-refractivity contribution in [3.63, 3.8) is 0 Å². The molecule has 2 nitrogen and oxygen atoms in total. The summed E-state index contributed by atoms with van der Waals surface area (Å²) in [4.78, 5) is 2.66. The highest BCUT2D eigenvalue weighted by atomic mass is 32.1. The first-order chi connectivity index (χ1) is 9.02. The molecule has 19 heavy (non-hydrogen) atoms. The van der Waals surface area contributed by atoms with Crippen LogP contribution in [0.25, 0.3) is 0 Å². The van der Waals surface area contributed by atoms with Crippen LogP contribution in [-0.2, 0) is 0 Å². The van der Waals surface area contributed by atoms with Crippen molar-refractivity contribution in [2.75, 3.05) is 5.32 Å². The second-order valence-electron chi connectivity index (χ2n) is 4.84. The SMILES string of the molecule is Cc1cc(C(C)Nc2c(C)cccc2C#N)c(C)s1. The molecule has 1 aromatic carbocycles. The van der Waals surface area contributed by atoms with Crippen molar-refractivity contribution < 1.29 is 0 Å². The van der Waals surface area contributed by atoms with Crippen LogP contribution in [0, 0.1) is 32.1 Å². The molecule has 0 spiro atoms.